The number of hydrogen-bond acceptors (Lipinski definition) is 8. The van der Waals surface area contributed by atoms with Crippen LogP contribution in [0.25, 0.3) is 0 Å². The number of hydrogen-bond donors (Lipinski definition) is 2. The number of nitrogens with one attached hydrogen (secondary N) is 2. The Labute approximate surface area is 228 Å². The van der Waals surface area contributed by atoms with Gasteiger partial charge in [-0.1, -0.05) is 36.0 Å². The molecule has 194 valence electrons. The SMILES string of the molecule is COc1cccc(NC(=O)CSC2=Nc3ccccc3C3=N[C@@H](CCC(=O)NCc4cccs4)C(=O)N23)c1. The van der Waals surface area contributed by atoms with Gasteiger partial charge in [-0.3, -0.25) is 19.4 Å². The molecule has 2 aromatic carbocycles. The van der Waals surface area contributed by atoms with Gasteiger partial charge in [0, 0.05) is 28.6 Å². The first kappa shape index (κ1) is 25.7. The van der Waals surface area contributed by atoms with E-state index in [1.807, 2.05) is 41.8 Å². The van der Waals surface area contributed by atoms with E-state index in [-0.39, 0.29) is 36.3 Å². The highest BCUT2D eigenvalue weighted by Crippen LogP contribution is 2.34. The molecule has 9 nitrogen and oxygen atoms in total. The first-order valence-electron chi connectivity index (χ1n) is 12.0. The minimum absolute atomic E-state index is 0.0467. The zero-order valence-corrected chi connectivity index (χ0v) is 22.2. The Morgan fingerprint density at radius 3 is 2.79 bits per heavy atom. The van der Waals surface area contributed by atoms with Gasteiger partial charge in [0.15, 0.2) is 5.17 Å². The van der Waals surface area contributed by atoms with Crippen molar-refractivity contribution in [2.24, 2.45) is 9.98 Å². The van der Waals surface area contributed by atoms with Crippen molar-refractivity contribution in [1.29, 1.82) is 0 Å². The second kappa shape index (κ2) is 11.6. The molecule has 38 heavy (non-hydrogen) atoms. The fraction of sp³-hybridized carbons (Fsp3) is 0.222. The van der Waals surface area contributed by atoms with Crippen LogP contribution < -0.4 is 15.4 Å². The zero-order chi connectivity index (χ0) is 26.5. The number of aliphatic imine (C=N–C) groups is 2. The van der Waals surface area contributed by atoms with Crippen LogP contribution in [-0.2, 0) is 20.9 Å². The monoisotopic (exact) mass is 547 g/mol. The molecule has 1 atom stereocenters. The molecule has 5 rings (SSSR count). The quantitative estimate of drug-likeness (QED) is 0.417. The van der Waals surface area contributed by atoms with Crippen molar-refractivity contribution < 1.29 is 19.1 Å². The molecule has 2 N–H and O–H groups in total. The molecule has 0 saturated heterocycles. The summed E-state index contributed by atoms with van der Waals surface area (Å²) >= 11 is 2.74. The molecule has 2 aliphatic heterocycles. The third-order valence-electron chi connectivity index (χ3n) is 5.92. The van der Waals surface area contributed by atoms with Gasteiger partial charge < -0.3 is 15.4 Å². The Hall–Kier alpha value is -3.96. The molecule has 3 amide bonds. The molecular weight excluding hydrogens is 522 g/mol. The zero-order valence-electron chi connectivity index (χ0n) is 20.5. The number of methoxy groups -OCH3 is 1. The van der Waals surface area contributed by atoms with Crippen molar-refractivity contribution in [3.05, 3.63) is 76.5 Å². The molecule has 1 aromatic heterocycles. The van der Waals surface area contributed by atoms with E-state index >= 15 is 0 Å². The maximum Gasteiger partial charge on any atom is 0.259 e. The Kier molecular flexibility index (Phi) is 7.85. The predicted molar refractivity (Wildman–Crippen MR) is 150 cm³/mol. The number of rotatable bonds is 9. The van der Waals surface area contributed by atoms with Crippen molar-refractivity contribution >= 4 is 63.2 Å². The van der Waals surface area contributed by atoms with E-state index in [9.17, 15) is 14.4 Å². The Morgan fingerprint density at radius 2 is 1.97 bits per heavy atom. The standard InChI is InChI=1S/C27H25N5O4S2/c1-36-18-7-4-6-17(14-18)29-24(34)16-38-27-31-21-10-3-2-9-20(21)25-30-22(26(35)32(25)27)11-12-23(33)28-15-19-8-5-13-37-19/h2-10,13-14,22H,11-12,15-16H2,1H3,(H,28,33)(H,29,34)/t22-/m0/s1. The maximum absolute atomic E-state index is 13.4. The topological polar surface area (TPSA) is 112 Å². The average molecular weight is 548 g/mol. The number of benzene rings is 2. The Morgan fingerprint density at radius 1 is 1.11 bits per heavy atom. The first-order valence-corrected chi connectivity index (χ1v) is 13.8. The number of para-hydroxylation sites is 1. The van der Waals surface area contributed by atoms with Gasteiger partial charge in [0.25, 0.3) is 5.91 Å². The van der Waals surface area contributed by atoms with Crippen LogP contribution >= 0.6 is 23.1 Å². The number of amides is 3. The fourth-order valence-corrected chi connectivity index (χ4v) is 5.52. The lowest BCUT2D eigenvalue weighted by atomic mass is 10.1. The van der Waals surface area contributed by atoms with E-state index in [0.717, 1.165) is 22.2 Å². The molecule has 0 unspecified atom stereocenters. The van der Waals surface area contributed by atoms with E-state index in [1.54, 1.807) is 42.7 Å². The average Bonchev–Trinajstić information content (AvgIpc) is 3.57. The smallest absolute Gasteiger partial charge is 0.259 e. The van der Waals surface area contributed by atoms with E-state index in [4.69, 9.17) is 4.74 Å². The highest BCUT2D eigenvalue weighted by molar-refractivity contribution is 8.14. The Balaban J connectivity index is 1.25. The van der Waals surface area contributed by atoms with Crippen molar-refractivity contribution in [2.45, 2.75) is 25.4 Å². The van der Waals surface area contributed by atoms with Crippen molar-refractivity contribution in [2.75, 3.05) is 18.2 Å². The predicted octanol–water partition coefficient (Wildman–Crippen LogP) is 4.18. The molecule has 0 aliphatic carbocycles. The molecule has 0 spiro atoms. The number of amidine groups is 2. The molecule has 11 heteroatoms. The number of thioether (sulfide) groups is 1. The molecule has 0 saturated carbocycles. The van der Waals surface area contributed by atoms with Crippen LogP contribution in [-0.4, -0.2) is 52.5 Å². The van der Waals surface area contributed by atoms with Gasteiger partial charge in [-0.15, -0.1) is 11.3 Å². The molecular formula is C27H25N5O4S2. The summed E-state index contributed by atoms with van der Waals surface area (Å²) in [4.78, 5) is 50.3. The third kappa shape index (κ3) is 5.79. The number of ether oxygens (including phenoxy) is 1. The van der Waals surface area contributed by atoms with Gasteiger partial charge in [0.1, 0.15) is 17.6 Å². The number of carbonyl (C=O) groups excluding carboxylic acids is 3. The number of anilines is 1. The number of nitrogens with zero attached hydrogens (tertiary/aromatic N) is 3. The van der Waals surface area contributed by atoms with Gasteiger partial charge in [0.2, 0.25) is 11.8 Å². The van der Waals surface area contributed by atoms with E-state index in [0.29, 0.717) is 34.7 Å². The van der Waals surface area contributed by atoms with Crippen LogP contribution in [0, 0.1) is 0 Å². The molecule has 0 fully saturated rings. The number of fused-ring (bicyclic) bond motifs is 3. The van der Waals surface area contributed by atoms with E-state index in [1.165, 1.54) is 4.90 Å². The number of carbonyl (C=O) groups is 3. The summed E-state index contributed by atoms with van der Waals surface area (Å²) in [6.07, 6.45) is 0.460. The lowest BCUT2D eigenvalue weighted by Crippen LogP contribution is -2.41. The van der Waals surface area contributed by atoms with Gasteiger partial charge in [-0.2, -0.15) is 0 Å². The van der Waals surface area contributed by atoms with Crippen LogP contribution in [0.2, 0.25) is 0 Å². The van der Waals surface area contributed by atoms with Gasteiger partial charge in [-0.05, 0) is 42.1 Å². The molecule has 0 radical (unpaired) electrons. The highest BCUT2D eigenvalue weighted by atomic mass is 32.2. The van der Waals surface area contributed by atoms with Gasteiger partial charge in [0.05, 0.1) is 25.1 Å². The minimum atomic E-state index is -0.694. The summed E-state index contributed by atoms with van der Waals surface area (Å²) < 4.78 is 5.20. The highest BCUT2D eigenvalue weighted by Gasteiger charge is 2.41. The summed E-state index contributed by atoms with van der Waals surface area (Å²) in [5, 5.41) is 8.07. The maximum atomic E-state index is 13.4. The van der Waals surface area contributed by atoms with Crippen LogP contribution in [0.5, 0.6) is 5.75 Å². The van der Waals surface area contributed by atoms with Crippen LogP contribution in [0.1, 0.15) is 23.3 Å². The Bertz CT molecular complexity index is 1420. The van der Waals surface area contributed by atoms with E-state index < -0.39 is 6.04 Å². The largest absolute Gasteiger partial charge is 0.497 e. The van der Waals surface area contributed by atoms with Crippen molar-refractivity contribution in [3.63, 3.8) is 0 Å². The molecule has 3 aromatic rings. The summed E-state index contributed by atoms with van der Waals surface area (Å²) in [5.74, 6) is 0.562. The fourth-order valence-electron chi connectivity index (χ4n) is 4.07. The normalized spacial score (nSPS) is 15.8. The van der Waals surface area contributed by atoms with Gasteiger partial charge >= 0.3 is 0 Å². The van der Waals surface area contributed by atoms with Gasteiger partial charge in [-0.25, -0.2) is 9.89 Å². The summed E-state index contributed by atoms with van der Waals surface area (Å²) in [7, 11) is 1.56. The number of thiophene rings is 1. The van der Waals surface area contributed by atoms with Crippen molar-refractivity contribution in [3.8, 4) is 5.75 Å². The van der Waals surface area contributed by atoms with Crippen LogP contribution in [0.3, 0.4) is 0 Å². The lowest BCUT2D eigenvalue weighted by molar-refractivity contribution is -0.125. The molecule has 2 aliphatic rings. The van der Waals surface area contributed by atoms with Crippen LogP contribution in [0.4, 0.5) is 11.4 Å². The van der Waals surface area contributed by atoms with Crippen LogP contribution in [0.15, 0.2) is 76.0 Å². The summed E-state index contributed by atoms with van der Waals surface area (Å²) in [6.45, 7) is 0.467. The first-order chi connectivity index (χ1) is 18.5. The summed E-state index contributed by atoms with van der Waals surface area (Å²) in [5.41, 5.74) is 2.04. The second-order valence-electron chi connectivity index (χ2n) is 8.52. The lowest BCUT2D eigenvalue weighted by Gasteiger charge is -2.25. The summed E-state index contributed by atoms with van der Waals surface area (Å²) in [6, 6.07) is 17.7. The molecule has 3 heterocycles. The minimum Gasteiger partial charge on any atom is -0.497 e. The third-order valence-corrected chi connectivity index (χ3v) is 7.73. The second-order valence-corrected chi connectivity index (χ2v) is 10.5. The van der Waals surface area contributed by atoms with Crippen molar-refractivity contribution in [1.82, 2.24) is 10.2 Å². The molecule has 0 bridgehead atoms. The van der Waals surface area contributed by atoms with E-state index in [2.05, 4.69) is 20.6 Å².